The minimum Gasteiger partial charge on any atom is -0.330 e. The first kappa shape index (κ1) is 21.2. The van der Waals surface area contributed by atoms with E-state index in [1.165, 1.54) is 70.6 Å². The largest absolute Gasteiger partial charge is 0.330 e. The van der Waals surface area contributed by atoms with Crippen LogP contribution >= 0.6 is 0 Å². The molecule has 0 aliphatic carbocycles. The molecule has 2 heteroatoms. The molecule has 0 bridgehead atoms. The zero-order chi connectivity index (χ0) is 14.8. The van der Waals surface area contributed by atoms with Gasteiger partial charge >= 0.3 is 0 Å². The van der Waals surface area contributed by atoms with Crippen LogP contribution in [0.1, 0.15) is 97.8 Å². The fourth-order valence-electron chi connectivity index (χ4n) is 2.09. The van der Waals surface area contributed by atoms with Gasteiger partial charge in [-0.2, -0.15) is 0 Å². The number of hydrogen-bond donors (Lipinski definition) is 2. The number of nitrogens with two attached hydrogens (primary N) is 2. The van der Waals surface area contributed by atoms with Crippen molar-refractivity contribution in [1.82, 2.24) is 0 Å². The van der Waals surface area contributed by atoms with Crippen molar-refractivity contribution in [2.45, 2.75) is 104 Å². The second-order valence-corrected chi connectivity index (χ2v) is 5.74. The topological polar surface area (TPSA) is 52.0 Å². The van der Waals surface area contributed by atoms with E-state index in [1.807, 2.05) is 6.92 Å². The molecule has 0 spiro atoms. The van der Waals surface area contributed by atoms with E-state index in [2.05, 4.69) is 13.8 Å². The van der Waals surface area contributed by atoms with E-state index >= 15 is 0 Å². The standard InChI is InChI=1S/C12H27N.C5H13N/c1-2-3-4-5-6-7-8-9-10-11-12-13;1-3-4-5(2)6/h2-13H2,1H3;5H,3-4,6H2,1-2H3. The maximum Gasteiger partial charge on any atom is 0.00103 e. The Kier molecular flexibility index (Phi) is 22.6. The van der Waals surface area contributed by atoms with Gasteiger partial charge in [0.25, 0.3) is 0 Å². The molecule has 0 amide bonds. The molecule has 0 aromatic carbocycles. The lowest BCUT2D eigenvalue weighted by molar-refractivity contribution is 0.558. The Morgan fingerprint density at radius 1 is 0.684 bits per heavy atom. The maximum absolute atomic E-state index is 5.42. The normalized spacial score (nSPS) is 11.8. The second-order valence-electron chi connectivity index (χ2n) is 5.74. The van der Waals surface area contributed by atoms with Crippen LogP contribution in [0.25, 0.3) is 0 Å². The highest BCUT2D eigenvalue weighted by molar-refractivity contribution is 4.48. The summed E-state index contributed by atoms with van der Waals surface area (Å²) in [6.07, 6.45) is 16.3. The van der Waals surface area contributed by atoms with E-state index in [0.717, 1.165) is 13.0 Å². The van der Waals surface area contributed by atoms with Crippen LogP contribution in [-0.4, -0.2) is 12.6 Å². The SMILES string of the molecule is CCCC(C)N.CCCCCCCCCCCCN. The summed E-state index contributed by atoms with van der Waals surface area (Å²) in [5.74, 6) is 0. The van der Waals surface area contributed by atoms with Crippen molar-refractivity contribution < 1.29 is 0 Å². The van der Waals surface area contributed by atoms with Crippen molar-refractivity contribution in [3.05, 3.63) is 0 Å². The predicted octanol–water partition coefficient (Wildman–Crippen LogP) is 5.00. The molecule has 0 fully saturated rings. The van der Waals surface area contributed by atoms with Crippen molar-refractivity contribution >= 4 is 0 Å². The van der Waals surface area contributed by atoms with Gasteiger partial charge in [-0.25, -0.2) is 0 Å². The zero-order valence-corrected chi connectivity index (χ0v) is 13.9. The van der Waals surface area contributed by atoms with E-state index in [9.17, 15) is 0 Å². The second kappa shape index (κ2) is 20.2. The number of unbranched alkanes of at least 4 members (excludes halogenated alkanes) is 9. The molecule has 0 aromatic rings. The van der Waals surface area contributed by atoms with Gasteiger partial charge in [0.05, 0.1) is 0 Å². The summed E-state index contributed by atoms with van der Waals surface area (Å²) in [7, 11) is 0. The first-order chi connectivity index (χ1) is 9.18. The van der Waals surface area contributed by atoms with E-state index in [4.69, 9.17) is 11.5 Å². The number of hydrogen-bond acceptors (Lipinski definition) is 2. The van der Waals surface area contributed by atoms with Crippen LogP contribution in [0.2, 0.25) is 0 Å². The summed E-state index contributed by atoms with van der Waals surface area (Å²) in [6, 6.07) is 0.398. The van der Waals surface area contributed by atoms with Crippen molar-refractivity contribution in [3.63, 3.8) is 0 Å². The smallest absolute Gasteiger partial charge is 0.00103 e. The number of rotatable bonds is 12. The molecule has 0 aromatic heterocycles. The van der Waals surface area contributed by atoms with Crippen molar-refractivity contribution in [2.24, 2.45) is 11.5 Å². The third-order valence-electron chi connectivity index (χ3n) is 3.30. The van der Waals surface area contributed by atoms with Crippen LogP contribution in [0.15, 0.2) is 0 Å². The van der Waals surface area contributed by atoms with Crippen molar-refractivity contribution in [3.8, 4) is 0 Å². The Hall–Kier alpha value is -0.0800. The minimum absolute atomic E-state index is 0.398. The van der Waals surface area contributed by atoms with Crippen LogP contribution < -0.4 is 11.5 Å². The molecule has 1 atom stereocenters. The summed E-state index contributed by atoms with van der Waals surface area (Å²) in [5.41, 5.74) is 10.8. The predicted molar refractivity (Wildman–Crippen MR) is 89.5 cm³/mol. The van der Waals surface area contributed by atoms with Gasteiger partial charge in [0, 0.05) is 6.04 Å². The molecule has 19 heavy (non-hydrogen) atoms. The molecule has 0 radical (unpaired) electrons. The van der Waals surface area contributed by atoms with Gasteiger partial charge in [-0.3, -0.25) is 0 Å². The Labute approximate surface area is 122 Å². The van der Waals surface area contributed by atoms with Gasteiger partial charge in [0.2, 0.25) is 0 Å². The van der Waals surface area contributed by atoms with E-state index in [0.29, 0.717) is 6.04 Å². The van der Waals surface area contributed by atoms with Gasteiger partial charge in [-0.1, -0.05) is 78.1 Å². The lowest BCUT2D eigenvalue weighted by Gasteiger charge is -2.00. The highest BCUT2D eigenvalue weighted by Gasteiger charge is 1.91. The molecule has 0 saturated carbocycles. The lowest BCUT2D eigenvalue weighted by atomic mass is 10.1. The highest BCUT2D eigenvalue weighted by atomic mass is 14.6. The summed E-state index contributed by atoms with van der Waals surface area (Å²) >= 11 is 0. The molecule has 0 heterocycles. The fraction of sp³-hybridized carbons (Fsp3) is 1.00. The summed E-state index contributed by atoms with van der Waals surface area (Å²) in [5, 5.41) is 0. The van der Waals surface area contributed by atoms with Gasteiger partial charge in [-0.15, -0.1) is 0 Å². The monoisotopic (exact) mass is 272 g/mol. The fourth-order valence-corrected chi connectivity index (χ4v) is 2.09. The van der Waals surface area contributed by atoms with E-state index in [-0.39, 0.29) is 0 Å². The Morgan fingerprint density at radius 2 is 1.11 bits per heavy atom. The van der Waals surface area contributed by atoms with Crippen LogP contribution in [-0.2, 0) is 0 Å². The molecule has 118 valence electrons. The first-order valence-corrected chi connectivity index (χ1v) is 8.64. The van der Waals surface area contributed by atoms with Gasteiger partial charge in [0.15, 0.2) is 0 Å². The van der Waals surface area contributed by atoms with Crippen molar-refractivity contribution in [2.75, 3.05) is 6.54 Å². The van der Waals surface area contributed by atoms with Gasteiger partial charge in [0.1, 0.15) is 0 Å². The summed E-state index contributed by atoms with van der Waals surface area (Å²) < 4.78 is 0. The van der Waals surface area contributed by atoms with Crippen LogP contribution in [0.3, 0.4) is 0 Å². The third-order valence-corrected chi connectivity index (χ3v) is 3.30. The van der Waals surface area contributed by atoms with Crippen LogP contribution in [0, 0.1) is 0 Å². The quantitative estimate of drug-likeness (QED) is 0.491. The molecule has 4 N–H and O–H groups in total. The van der Waals surface area contributed by atoms with Gasteiger partial charge in [-0.05, 0) is 26.3 Å². The third kappa shape index (κ3) is 27.2. The summed E-state index contributed by atoms with van der Waals surface area (Å²) in [6.45, 7) is 7.32. The molecule has 0 rings (SSSR count). The average Bonchev–Trinajstić information content (AvgIpc) is 2.37. The highest BCUT2D eigenvalue weighted by Crippen LogP contribution is 2.09. The van der Waals surface area contributed by atoms with Gasteiger partial charge < -0.3 is 11.5 Å². The first-order valence-electron chi connectivity index (χ1n) is 8.64. The Bertz CT molecular complexity index is 125. The van der Waals surface area contributed by atoms with Crippen LogP contribution in [0.4, 0.5) is 0 Å². The van der Waals surface area contributed by atoms with E-state index in [1.54, 1.807) is 0 Å². The molecule has 0 saturated heterocycles. The molecule has 2 nitrogen and oxygen atoms in total. The average molecular weight is 273 g/mol. The summed E-state index contributed by atoms with van der Waals surface area (Å²) in [4.78, 5) is 0. The lowest BCUT2D eigenvalue weighted by Crippen LogP contribution is -2.13. The van der Waals surface area contributed by atoms with Crippen molar-refractivity contribution in [1.29, 1.82) is 0 Å². The van der Waals surface area contributed by atoms with Crippen LogP contribution in [0.5, 0.6) is 0 Å². The zero-order valence-electron chi connectivity index (χ0n) is 13.9. The molecule has 0 aliphatic heterocycles. The Morgan fingerprint density at radius 3 is 1.37 bits per heavy atom. The minimum atomic E-state index is 0.398. The maximum atomic E-state index is 5.42. The van der Waals surface area contributed by atoms with E-state index < -0.39 is 0 Å². The molecule has 0 aliphatic rings. The molecular formula is C17H40N2. The molecular weight excluding hydrogens is 232 g/mol. The Balaban J connectivity index is 0. The molecule has 1 unspecified atom stereocenters.